The second kappa shape index (κ2) is 5.76. The van der Waals surface area contributed by atoms with E-state index in [-0.39, 0.29) is 5.91 Å². The van der Waals surface area contributed by atoms with Gasteiger partial charge in [-0.1, -0.05) is 11.6 Å². The van der Waals surface area contributed by atoms with E-state index in [9.17, 15) is 4.79 Å². The fraction of sp³-hybridized carbons (Fsp3) is 0.167. The zero-order valence-electron chi connectivity index (χ0n) is 13.0. The summed E-state index contributed by atoms with van der Waals surface area (Å²) in [5.41, 5.74) is 2.34. The van der Waals surface area contributed by atoms with Crippen molar-refractivity contribution in [2.45, 2.75) is 6.42 Å². The number of carbonyl (C=O) groups is 1. The van der Waals surface area contributed by atoms with Crippen LogP contribution in [0.25, 0.3) is 10.9 Å². The van der Waals surface area contributed by atoms with Crippen molar-refractivity contribution in [3.8, 4) is 5.75 Å². The van der Waals surface area contributed by atoms with Gasteiger partial charge in [0, 0.05) is 24.3 Å². The molecule has 4 rings (SSSR count). The van der Waals surface area contributed by atoms with Crippen molar-refractivity contribution >= 4 is 34.2 Å². The maximum Gasteiger partial charge on any atom is 0.261 e. The average molecular weight is 340 g/mol. The van der Waals surface area contributed by atoms with Crippen LogP contribution < -0.4 is 9.64 Å². The summed E-state index contributed by atoms with van der Waals surface area (Å²) in [6.45, 7) is 0.608. The molecular weight excluding hydrogens is 326 g/mol. The van der Waals surface area contributed by atoms with Crippen molar-refractivity contribution in [2.75, 3.05) is 18.6 Å². The second-order valence-corrected chi connectivity index (χ2v) is 6.01. The summed E-state index contributed by atoms with van der Waals surface area (Å²) >= 11 is 6.20. The van der Waals surface area contributed by atoms with Gasteiger partial charge in [0.15, 0.2) is 0 Å². The molecule has 5 nitrogen and oxygen atoms in total. The maximum absolute atomic E-state index is 12.7. The molecule has 0 spiro atoms. The summed E-state index contributed by atoms with van der Waals surface area (Å²) in [6.07, 6.45) is 3.99. The Kier molecular flexibility index (Phi) is 3.58. The first kappa shape index (κ1) is 14.9. The van der Waals surface area contributed by atoms with Gasteiger partial charge in [0.25, 0.3) is 5.91 Å². The molecule has 1 aliphatic rings. The van der Waals surface area contributed by atoms with Gasteiger partial charge in [-0.3, -0.25) is 14.7 Å². The number of nitrogens with zero attached hydrogens (tertiary/aromatic N) is 3. The van der Waals surface area contributed by atoms with E-state index in [1.54, 1.807) is 42.6 Å². The zero-order chi connectivity index (χ0) is 16.7. The molecule has 1 aliphatic heterocycles. The van der Waals surface area contributed by atoms with Crippen molar-refractivity contribution in [2.24, 2.45) is 0 Å². The smallest absolute Gasteiger partial charge is 0.261 e. The number of hydrogen-bond donors (Lipinski definition) is 0. The molecule has 0 bridgehead atoms. The highest BCUT2D eigenvalue weighted by molar-refractivity contribution is 6.32. The molecule has 0 radical (unpaired) electrons. The normalized spacial score (nSPS) is 13.2. The van der Waals surface area contributed by atoms with Crippen LogP contribution in [0.3, 0.4) is 0 Å². The molecule has 0 aliphatic carbocycles. The zero-order valence-corrected chi connectivity index (χ0v) is 13.7. The highest BCUT2D eigenvalue weighted by Crippen LogP contribution is 2.34. The Hall–Kier alpha value is -2.66. The van der Waals surface area contributed by atoms with E-state index in [4.69, 9.17) is 16.3 Å². The quantitative estimate of drug-likeness (QED) is 0.717. The lowest BCUT2D eigenvalue weighted by Gasteiger charge is -2.16. The molecule has 0 unspecified atom stereocenters. The summed E-state index contributed by atoms with van der Waals surface area (Å²) in [4.78, 5) is 23.1. The maximum atomic E-state index is 12.7. The molecule has 1 aromatic carbocycles. The highest BCUT2D eigenvalue weighted by Gasteiger charge is 2.27. The van der Waals surface area contributed by atoms with E-state index < -0.39 is 0 Å². The monoisotopic (exact) mass is 339 g/mol. The number of rotatable bonds is 2. The number of hydrogen-bond acceptors (Lipinski definition) is 4. The average Bonchev–Trinajstić information content (AvgIpc) is 3.02. The molecule has 120 valence electrons. The molecule has 1 amide bonds. The van der Waals surface area contributed by atoms with Crippen molar-refractivity contribution in [3.63, 3.8) is 0 Å². The first-order valence-corrected chi connectivity index (χ1v) is 7.94. The minimum Gasteiger partial charge on any atom is -0.495 e. The number of aromatic nitrogens is 2. The van der Waals surface area contributed by atoms with Gasteiger partial charge in [-0.05, 0) is 42.3 Å². The van der Waals surface area contributed by atoms with E-state index in [1.807, 2.05) is 12.1 Å². The summed E-state index contributed by atoms with van der Waals surface area (Å²) in [6, 6.07) is 9.20. The van der Waals surface area contributed by atoms with Gasteiger partial charge in [-0.15, -0.1) is 0 Å². The van der Waals surface area contributed by atoms with E-state index in [0.29, 0.717) is 28.7 Å². The standard InChI is InChI=1S/C18H14ClN3O2/c1-24-16-8-13-7-11-4-6-22(17(11)21-15(13)9-14(16)19)18(23)12-3-2-5-20-10-12/h2-3,5,7-10H,4,6H2,1H3. The van der Waals surface area contributed by atoms with E-state index in [2.05, 4.69) is 9.97 Å². The van der Waals surface area contributed by atoms with Gasteiger partial charge in [0.1, 0.15) is 11.6 Å². The van der Waals surface area contributed by atoms with Gasteiger partial charge < -0.3 is 4.74 Å². The van der Waals surface area contributed by atoms with Gasteiger partial charge in [0.2, 0.25) is 0 Å². The molecule has 0 atom stereocenters. The summed E-state index contributed by atoms with van der Waals surface area (Å²) in [5.74, 6) is 1.22. The molecule has 3 heterocycles. The van der Waals surface area contributed by atoms with E-state index in [1.165, 1.54) is 0 Å². The van der Waals surface area contributed by atoms with Crippen LogP contribution in [0.15, 0.2) is 42.7 Å². The third-order valence-corrected chi connectivity index (χ3v) is 4.45. The first-order valence-electron chi connectivity index (χ1n) is 7.56. The number of fused-ring (bicyclic) bond motifs is 2. The minimum atomic E-state index is -0.0895. The molecule has 2 aromatic heterocycles. The lowest BCUT2D eigenvalue weighted by molar-refractivity contribution is 0.0988. The number of ether oxygens (including phenoxy) is 1. The van der Waals surface area contributed by atoms with Gasteiger partial charge in [-0.2, -0.15) is 0 Å². The Morgan fingerprint density at radius 2 is 2.21 bits per heavy atom. The Bertz CT molecular complexity index is 944. The third-order valence-electron chi connectivity index (χ3n) is 4.16. The molecule has 0 saturated carbocycles. The number of methoxy groups -OCH3 is 1. The van der Waals surface area contributed by atoms with Crippen LogP contribution >= 0.6 is 11.6 Å². The fourth-order valence-electron chi connectivity index (χ4n) is 2.96. The van der Waals surface area contributed by atoms with Crippen molar-refractivity contribution in [1.82, 2.24) is 9.97 Å². The lowest BCUT2D eigenvalue weighted by Crippen LogP contribution is -2.29. The number of pyridine rings is 2. The predicted octanol–water partition coefficient (Wildman–Crippen LogP) is 3.49. The Morgan fingerprint density at radius 3 is 2.96 bits per heavy atom. The van der Waals surface area contributed by atoms with Crippen LogP contribution in [0.1, 0.15) is 15.9 Å². The summed E-state index contributed by atoms with van der Waals surface area (Å²) in [7, 11) is 1.59. The van der Waals surface area contributed by atoms with Crippen LogP contribution in [0.4, 0.5) is 5.82 Å². The van der Waals surface area contributed by atoms with Crippen LogP contribution in [0.2, 0.25) is 5.02 Å². The number of halogens is 1. The highest BCUT2D eigenvalue weighted by atomic mass is 35.5. The fourth-order valence-corrected chi connectivity index (χ4v) is 3.20. The SMILES string of the molecule is COc1cc2cc3c(nc2cc1Cl)N(C(=O)c1cccnc1)CC3. The van der Waals surface area contributed by atoms with Gasteiger partial charge in [-0.25, -0.2) is 4.98 Å². The topological polar surface area (TPSA) is 55.3 Å². The van der Waals surface area contributed by atoms with Crippen LogP contribution in [-0.4, -0.2) is 29.5 Å². The number of carbonyl (C=O) groups excluding carboxylic acids is 1. The number of amides is 1. The lowest BCUT2D eigenvalue weighted by atomic mass is 10.1. The van der Waals surface area contributed by atoms with Crippen molar-refractivity contribution < 1.29 is 9.53 Å². The van der Waals surface area contributed by atoms with Crippen LogP contribution in [-0.2, 0) is 6.42 Å². The predicted molar refractivity (Wildman–Crippen MR) is 92.9 cm³/mol. The summed E-state index contributed by atoms with van der Waals surface area (Å²) < 4.78 is 5.26. The molecular formula is C18H14ClN3O2. The Balaban J connectivity index is 1.79. The Labute approximate surface area is 143 Å². The molecule has 0 N–H and O–H groups in total. The number of anilines is 1. The molecule has 3 aromatic rings. The molecule has 24 heavy (non-hydrogen) atoms. The van der Waals surface area contributed by atoms with Crippen molar-refractivity contribution in [3.05, 3.63) is 58.9 Å². The second-order valence-electron chi connectivity index (χ2n) is 5.60. The van der Waals surface area contributed by atoms with Crippen LogP contribution in [0.5, 0.6) is 5.75 Å². The largest absolute Gasteiger partial charge is 0.495 e. The first-order chi connectivity index (χ1) is 11.7. The Morgan fingerprint density at radius 1 is 1.33 bits per heavy atom. The molecule has 6 heteroatoms. The van der Waals surface area contributed by atoms with Gasteiger partial charge in [0.05, 0.1) is 23.2 Å². The number of benzene rings is 1. The van der Waals surface area contributed by atoms with Gasteiger partial charge >= 0.3 is 0 Å². The van der Waals surface area contributed by atoms with Crippen molar-refractivity contribution in [1.29, 1.82) is 0 Å². The van der Waals surface area contributed by atoms with E-state index >= 15 is 0 Å². The summed E-state index contributed by atoms with van der Waals surface area (Å²) in [5, 5.41) is 1.45. The minimum absolute atomic E-state index is 0.0895. The van der Waals surface area contributed by atoms with E-state index in [0.717, 1.165) is 22.9 Å². The molecule has 0 fully saturated rings. The van der Waals surface area contributed by atoms with Crippen LogP contribution in [0, 0.1) is 0 Å². The molecule has 0 saturated heterocycles. The third kappa shape index (κ3) is 2.37.